The fourth-order valence-corrected chi connectivity index (χ4v) is 6.79. The number of rotatable bonds is 11. The first-order valence-corrected chi connectivity index (χ1v) is 20.6. The highest BCUT2D eigenvalue weighted by Crippen LogP contribution is 2.25. The van der Waals surface area contributed by atoms with Gasteiger partial charge in [-0.2, -0.15) is 10.5 Å². The van der Waals surface area contributed by atoms with Crippen LogP contribution >= 0.6 is 38.6 Å². The van der Waals surface area contributed by atoms with E-state index in [0.29, 0.717) is 55.6 Å². The minimum Gasteiger partial charge on any atom is -0.354 e. The van der Waals surface area contributed by atoms with Crippen LogP contribution in [0.4, 0.5) is 33.5 Å². The zero-order valence-corrected chi connectivity index (χ0v) is 33.2. The molecular formula is C34H41BrN16O2S2. The van der Waals surface area contributed by atoms with Gasteiger partial charge in [0.25, 0.3) is 0 Å². The van der Waals surface area contributed by atoms with E-state index >= 15 is 0 Å². The molecule has 6 heterocycles. The van der Waals surface area contributed by atoms with Crippen molar-refractivity contribution in [2.75, 3.05) is 84.7 Å². The monoisotopic (exact) mass is 848 g/mol. The molecule has 55 heavy (non-hydrogen) atoms. The predicted octanol–water partition coefficient (Wildman–Crippen LogP) is 2.57. The van der Waals surface area contributed by atoms with Crippen LogP contribution in [0.25, 0.3) is 0 Å². The van der Waals surface area contributed by atoms with Crippen LogP contribution in [-0.2, 0) is 9.59 Å². The normalized spacial score (nSPS) is 16.6. The third-order valence-corrected chi connectivity index (χ3v) is 10.7. The summed E-state index contributed by atoms with van der Waals surface area (Å²) >= 11 is 5.64. The van der Waals surface area contributed by atoms with Gasteiger partial charge in [0.2, 0.25) is 11.8 Å². The van der Waals surface area contributed by atoms with Gasteiger partial charge in [0.05, 0.1) is 24.3 Å². The number of carbonyl (C=O) groups is 2. The van der Waals surface area contributed by atoms with Crippen LogP contribution in [0.3, 0.4) is 0 Å². The van der Waals surface area contributed by atoms with Crippen molar-refractivity contribution in [3.05, 3.63) is 46.9 Å². The number of nitriles is 2. The summed E-state index contributed by atoms with van der Waals surface area (Å²) in [5.41, 5.74) is 0. The lowest BCUT2D eigenvalue weighted by Crippen LogP contribution is -2.50. The molecule has 0 unspecified atom stereocenters. The Bertz CT molecular complexity index is 1960. The van der Waals surface area contributed by atoms with Crippen molar-refractivity contribution in [2.45, 2.75) is 37.8 Å². The van der Waals surface area contributed by atoms with Gasteiger partial charge >= 0.3 is 0 Å². The number of alkyl halides is 1. The lowest BCUT2D eigenvalue weighted by molar-refractivity contribution is -0.122. The molecule has 2 saturated heterocycles. The molecule has 2 amide bonds. The number of amides is 2. The number of carbonyl (C=O) groups excluding carboxylic acids is 2. The highest BCUT2D eigenvalue weighted by atomic mass is 79.9. The molecule has 0 spiro atoms. The van der Waals surface area contributed by atoms with Crippen molar-refractivity contribution in [3.8, 4) is 12.1 Å². The minimum absolute atomic E-state index is 0.104. The number of nitrogens with zero attached hydrogens (tertiary/aromatic N) is 11. The molecule has 2 aliphatic heterocycles. The molecule has 4 fully saturated rings. The minimum atomic E-state index is 0.104. The highest BCUT2D eigenvalue weighted by Gasteiger charge is 2.26. The fourth-order valence-electron chi connectivity index (χ4n) is 5.39. The summed E-state index contributed by atoms with van der Waals surface area (Å²) in [6, 6.07) is 8.82. The summed E-state index contributed by atoms with van der Waals surface area (Å²) in [7, 11) is 0. The Balaban J connectivity index is 0.000000160. The third-order valence-electron chi connectivity index (χ3n) is 8.52. The highest BCUT2D eigenvalue weighted by molar-refractivity contribution is 9.09. The van der Waals surface area contributed by atoms with E-state index in [0.717, 1.165) is 76.8 Å². The van der Waals surface area contributed by atoms with Crippen LogP contribution in [0, 0.1) is 22.7 Å². The SMILES string of the molecule is N#Cc1cnc(Nc2cc(N3CCN(CC(=O)NC4CC4)CC3)ncn2)s1.N#Cc1cnc(Nc2cc(N3CCNCC3)ncn2)s1.O=C(CBr)NC1CC1. The summed E-state index contributed by atoms with van der Waals surface area (Å²) in [5.74, 6) is 3.30. The summed E-state index contributed by atoms with van der Waals surface area (Å²) in [6.07, 6.45) is 10.7. The van der Waals surface area contributed by atoms with Crippen LogP contribution in [0.15, 0.2) is 37.2 Å². The zero-order valence-electron chi connectivity index (χ0n) is 29.9. The molecule has 5 N–H and O–H groups in total. The van der Waals surface area contributed by atoms with Gasteiger partial charge in [-0.15, -0.1) is 0 Å². The first kappa shape index (κ1) is 39.6. The first-order valence-electron chi connectivity index (χ1n) is 17.8. The summed E-state index contributed by atoms with van der Waals surface area (Å²) in [6.45, 7) is 7.53. The maximum absolute atomic E-state index is 11.9. The number of halogens is 1. The summed E-state index contributed by atoms with van der Waals surface area (Å²) in [5, 5.41) is 34.8. The molecule has 0 bridgehead atoms. The lowest BCUT2D eigenvalue weighted by Gasteiger charge is -2.35. The number of thiazole rings is 2. The third kappa shape index (κ3) is 13.0. The van der Waals surface area contributed by atoms with E-state index in [-0.39, 0.29) is 11.8 Å². The first-order chi connectivity index (χ1) is 26.9. The predicted molar refractivity (Wildman–Crippen MR) is 214 cm³/mol. The number of aromatic nitrogens is 6. The largest absolute Gasteiger partial charge is 0.354 e. The molecule has 0 atom stereocenters. The number of piperazine rings is 2. The van der Waals surface area contributed by atoms with Gasteiger partial charge in [0.15, 0.2) is 10.3 Å². The molecule has 4 aliphatic rings. The lowest BCUT2D eigenvalue weighted by atomic mass is 10.3. The Kier molecular flexibility index (Phi) is 14.4. The second-order valence-electron chi connectivity index (χ2n) is 12.9. The zero-order chi connectivity index (χ0) is 38.4. The second kappa shape index (κ2) is 20.0. The number of nitrogens with one attached hydrogen (secondary N) is 5. The Labute approximate surface area is 334 Å². The van der Waals surface area contributed by atoms with Crippen molar-refractivity contribution in [3.63, 3.8) is 0 Å². The van der Waals surface area contributed by atoms with Crippen molar-refractivity contribution in [2.24, 2.45) is 0 Å². The molecular weight excluding hydrogens is 809 g/mol. The van der Waals surface area contributed by atoms with Gasteiger partial charge in [0.1, 0.15) is 57.8 Å². The van der Waals surface area contributed by atoms with Gasteiger partial charge in [-0.1, -0.05) is 38.6 Å². The van der Waals surface area contributed by atoms with Crippen molar-refractivity contribution >= 4 is 84.0 Å². The smallest absolute Gasteiger partial charge is 0.234 e. The summed E-state index contributed by atoms with van der Waals surface area (Å²) in [4.78, 5) is 55.5. The van der Waals surface area contributed by atoms with Crippen LogP contribution in [0.1, 0.15) is 35.4 Å². The van der Waals surface area contributed by atoms with Crippen LogP contribution in [0.5, 0.6) is 0 Å². The Morgan fingerprint density at radius 3 is 1.67 bits per heavy atom. The molecule has 8 rings (SSSR count). The maximum atomic E-state index is 11.9. The van der Waals surface area contributed by atoms with Crippen LogP contribution in [0.2, 0.25) is 0 Å². The van der Waals surface area contributed by atoms with E-state index in [4.69, 9.17) is 10.5 Å². The molecule has 0 aromatic carbocycles. The van der Waals surface area contributed by atoms with Gasteiger partial charge in [-0.25, -0.2) is 29.9 Å². The van der Waals surface area contributed by atoms with Gasteiger partial charge < -0.3 is 36.4 Å². The molecule has 18 nitrogen and oxygen atoms in total. The van der Waals surface area contributed by atoms with Crippen molar-refractivity contribution in [1.82, 2.24) is 50.8 Å². The molecule has 2 aliphatic carbocycles. The standard InChI is InChI=1S/C17H20N8OS.C12H13N7S.C5H8BrNO/c18-8-13-9-19-17(27-13)23-14-7-15(21-11-20-14)25-5-3-24(4-6-25)10-16(26)22-12-1-2-12;13-6-9-7-15-12(20-9)18-10-5-11(17-8-16-10)19-3-1-14-2-4-19;6-3-5(8)7-4-1-2-4/h7,9,11-12H,1-6,10H2,(H,22,26)(H,19,20,21,23);5,7-8,14H,1-4H2,(H,15,16,17,18);4H,1-3H2,(H,7,8). The van der Waals surface area contributed by atoms with Gasteiger partial charge in [-0.05, 0) is 25.7 Å². The Morgan fingerprint density at radius 1 is 0.727 bits per heavy atom. The van der Waals surface area contributed by atoms with E-state index in [1.54, 1.807) is 12.5 Å². The average molecular weight is 850 g/mol. The van der Waals surface area contributed by atoms with Crippen molar-refractivity contribution in [1.29, 1.82) is 10.5 Å². The van der Waals surface area contributed by atoms with E-state index in [1.807, 2.05) is 12.1 Å². The molecule has 21 heteroatoms. The van der Waals surface area contributed by atoms with Gasteiger partial charge in [-0.3, -0.25) is 14.5 Å². The second-order valence-corrected chi connectivity index (χ2v) is 15.5. The fraction of sp³-hybridized carbons (Fsp3) is 0.471. The molecule has 0 radical (unpaired) electrons. The average Bonchev–Trinajstić information content (AvgIpc) is 4.13. The Hall–Kier alpha value is -5.06. The number of hydrogen-bond donors (Lipinski definition) is 5. The van der Waals surface area contributed by atoms with E-state index in [1.165, 1.54) is 48.0 Å². The van der Waals surface area contributed by atoms with Crippen molar-refractivity contribution < 1.29 is 9.59 Å². The number of anilines is 6. The van der Waals surface area contributed by atoms with E-state index in [2.05, 4.69) is 99.3 Å². The van der Waals surface area contributed by atoms with E-state index < -0.39 is 0 Å². The molecule has 288 valence electrons. The quantitative estimate of drug-likeness (QED) is 0.137. The summed E-state index contributed by atoms with van der Waals surface area (Å²) < 4.78 is 0. The van der Waals surface area contributed by atoms with Gasteiger partial charge in [0, 0.05) is 76.6 Å². The molecule has 4 aromatic heterocycles. The molecule has 2 saturated carbocycles. The maximum Gasteiger partial charge on any atom is 0.234 e. The van der Waals surface area contributed by atoms with Crippen LogP contribution in [-0.4, -0.2) is 123 Å². The number of hydrogen-bond acceptors (Lipinski definition) is 18. The Morgan fingerprint density at radius 2 is 1.22 bits per heavy atom. The topological polar surface area (TPSA) is 229 Å². The molecule has 4 aromatic rings. The van der Waals surface area contributed by atoms with E-state index in [9.17, 15) is 9.59 Å². The van der Waals surface area contributed by atoms with Crippen LogP contribution < -0.4 is 36.4 Å².